The van der Waals surface area contributed by atoms with Crippen LogP contribution in [0.4, 0.5) is 68.2 Å². The van der Waals surface area contributed by atoms with Crippen molar-refractivity contribution >= 4 is 221 Å². The zero-order valence-corrected chi connectivity index (χ0v) is 86.5. The van der Waals surface area contributed by atoms with E-state index in [4.69, 9.17) is 0 Å². The van der Waals surface area contributed by atoms with Gasteiger partial charge in [0.05, 0.1) is 88.9 Å². The van der Waals surface area contributed by atoms with Crippen molar-refractivity contribution in [1.82, 2.24) is 17.6 Å². The van der Waals surface area contributed by atoms with Gasteiger partial charge in [0.1, 0.15) is 0 Å². The minimum Gasteiger partial charge on any atom is -0.310 e. The maximum absolute atomic E-state index is 2.56. The quantitative estimate of drug-likeness (QED) is 0.0965. The number of nitrogens with zero attached hydrogens (tertiary/aromatic N) is 8. The summed E-state index contributed by atoms with van der Waals surface area (Å²) in [5.74, 6) is 1.83. The Morgan fingerprint density at radius 3 is 0.493 bits per heavy atom. The predicted molar refractivity (Wildman–Crippen MR) is 621 cm³/mol. The minimum absolute atomic E-state index is 0.0517. The summed E-state index contributed by atoms with van der Waals surface area (Å²) in [7, 11) is 0. The van der Waals surface area contributed by atoms with E-state index in [1.165, 1.54) is 220 Å². The van der Waals surface area contributed by atoms with Gasteiger partial charge in [-0.05, 0) is 260 Å². The van der Waals surface area contributed by atoms with Gasteiger partial charge in [-0.15, -0.1) is 0 Å². The second-order valence-corrected chi connectivity index (χ2v) is 46.1. The van der Waals surface area contributed by atoms with Crippen molar-refractivity contribution in [2.24, 2.45) is 0 Å². The molecule has 708 valence electrons. The van der Waals surface area contributed by atoms with Crippen molar-refractivity contribution < 1.29 is 0 Å². The molecule has 26 rings (SSSR count). The molecule has 0 aliphatic heterocycles. The zero-order chi connectivity index (χ0) is 99.1. The first-order valence-corrected chi connectivity index (χ1v) is 52.0. The summed E-state index contributed by atoms with van der Waals surface area (Å²) in [6.45, 7) is 45.6. The highest BCUT2D eigenvalue weighted by Gasteiger charge is 2.33. The number of hydrogen-bond donors (Lipinski definition) is 0. The van der Waals surface area contributed by atoms with Crippen LogP contribution >= 0.6 is 0 Å². The van der Waals surface area contributed by atoms with Crippen LogP contribution in [0.5, 0.6) is 0 Å². The van der Waals surface area contributed by atoms with Gasteiger partial charge in [0.2, 0.25) is 0 Å². The van der Waals surface area contributed by atoms with Gasteiger partial charge in [-0.3, -0.25) is 0 Å². The molecule has 0 spiro atoms. The van der Waals surface area contributed by atoms with Crippen molar-refractivity contribution in [1.29, 1.82) is 0 Å². The molecule has 8 heterocycles. The summed E-state index contributed by atoms with van der Waals surface area (Å²) in [6.07, 6.45) is 0. The van der Waals surface area contributed by atoms with Crippen molar-refractivity contribution in [3.05, 3.63) is 408 Å². The van der Waals surface area contributed by atoms with Crippen LogP contribution in [0.15, 0.2) is 364 Å². The van der Waals surface area contributed by atoms with Crippen molar-refractivity contribution in [3.8, 4) is 0 Å². The third-order valence-corrected chi connectivity index (χ3v) is 31.7. The van der Waals surface area contributed by atoms with E-state index in [1.807, 2.05) is 0 Å². The number of rotatable bonds is 16. The van der Waals surface area contributed by atoms with Gasteiger partial charge in [0.15, 0.2) is 0 Å². The number of anilines is 12. The van der Waals surface area contributed by atoms with Gasteiger partial charge >= 0.3 is 0 Å². The average molecular weight is 1870 g/mol. The highest BCUT2D eigenvalue weighted by Crippen LogP contribution is 2.56. The van der Waals surface area contributed by atoms with Gasteiger partial charge in [-0.2, -0.15) is 0 Å². The lowest BCUT2D eigenvalue weighted by molar-refractivity contribution is 0.590. The Morgan fingerprint density at radius 2 is 0.326 bits per heavy atom. The molecule has 0 saturated heterocycles. The fourth-order valence-electron chi connectivity index (χ4n) is 23.9. The Morgan fingerprint density at radius 1 is 0.167 bits per heavy atom. The monoisotopic (exact) mass is 1870 g/mol. The maximum atomic E-state index is 2.56. The minimum atomic E-state index is 0.0517. The number of para-hydroxylation sites is 4. The molecule has 0 radical (unpaired) electrons. The largest absolute Gasteiger partial charge is 0.310 e. The van der Waals surface area contributed by atoms with Gasteiger partial charge in [0, 0.05) is 132 Å². The normalized spacial score (nSPS) is 12.8. The van der Waals surface area contributed by atoms with E-state index in [1.54, 1.807) is 0 Å². The highest BCUT2D eigenvalue weighted by molar-refractivity contribution is 6.34. The molecule has 0 aliphatic carbocycles. The SMILES string of the molecule is CC(C)(C)c1ccc(N(c2ccc(C(C)(C)C)cc2)c2cccc3c2c2cccc4c5cc6c(cc5n3c42)c2cccc3c4c(N(c5ccc(C(C)(C)C)cc5)c5ccc(C(C)(C)C)cc5)cccc4n6c23)cc1.CC(C)c1ccc(N(c2ccc(C(C)C)cc2)c2cccc3c2c2cccc4c5cc6c(cc5n3c42)c2cccc3c4c(N(c5ccc(C(C)C)cc5)c5ccc(C(C)C)cc5)cccc4n6c23)cc1. The van der Waals surface area contributed by atoms with Crippen LogP contribution in [-0.4, -0.2) is 17.6 Å². The van der Waals surface area contributed by atoms with Crippen LogP contribution in [0.2, 0.25) is 0 Å². The first-order chi connectivity index (χ1) is 69.3. The predicted octanol–water partition coefficient (Wildman–Crippen LogP) is 39.5. The second-order valence-electron chi connectivity index (χ2n) is 46.1. The van der Waals surface area contributed by atoms with Crippen molar-refractivity contribution in [2.45, 2.75) is 184 Å². The lowest BCUT2D eigenvalue weighted by Gasteiger charge is -2.28. The maximum Gasteiger partial charge on any atom is 0.0621 e. The summed E-state index contributed by atoms with van der Waals surface area (Å²) >= 11 is 0. The number of hydrogen-bond acceptors (Lipinski definition) is 4. The molecule has 26 aromatic rings. The Balaban J connectivity index is 0.000000151. The second kappa shape index (κ2) is 33.0. The lowest BCUT2D eigenvalue weighted by Crippen LogP contribution is -2.14. The van der Waals surface area contributed by atoms with E-state index >= 15 is 0 Å². The number of fused-ring (bicyclic) bond motifs is 24. The van der Waals surface area contributed by atoms with E-state index in [2.05, 4.69) is 540 Å². The number of aromatic nitrogens is 4. The van der Waals surface area contributed by atoms with Crippen LogP contribution in [-0.2, 0) is 21.7 Å². The molecule has 0 fully saturated rings. The fraction of sp³-hybridized carbons (Fsp3) is 0.206. The number of benzene rings is 18. The van der Waals surface area contributed by atoms with Gasteiger partial charge in [-0.1, -0.05) is 333 Å². The summed E-state index contributed by atoms with van der Waals surface area (Å²) in [5.41, 5.74) is 39.7. The lowest BCUT2D eigenvalue weighted by atomic mass is 9.86. The van der Waals surface area contributed by atoms with E-state index < -0.39 is 0 Å². The van der Waals surface area contributed by atoms with Crippen LogP contribution in [0, 0.1) is 0 Å². The highest BCUT2D eigenvalue weighted by atomic mass is 15.2. The van der Waals surface area contributed by atoms with E-state index in [-0.39, 0.29) is 21.7 Å². The van der Waals surface area contributed by atoms with E-state index in [0.29, 0.717) is 23.7 Å². The van der Waals surface area contributed by atoms with E-state index in [9.17, 15) is 0 Å². The van der Waals surface area contributed by atoms with Gasteiger partial charge in [-0.25, -0.2) is 0 Å². The van der Waals surface area contributed by atoms with Gasteiger partial charge in [0.25, 0.3) is 0 Å². The molecule has 0 amide bonds. The molecule has 144 heavy (non-hydrogen) atoms. The Bertz CT molecular complexity index is 8720. The standard InChI is InChI=1S/C70H66N4.C66H58N4/c1-67(2,3)43-25-33-47(34-26-43)71(48-35-27-44(28-36-48)68(4,5)6)57-21-15-23-59-63(57)53-19-13-17-51-55-42-62-56(41-61(55)73(59)65(51)53)52-18-14-20-54-64-58(22-16-24-60(64)74(62)66(52)54)72(49-37-29-45(30-38-49)69(7,8)9)50-39-31-46(32-40-50)70(10,11)12;1-39(2)43-21-29-47(30-22-43)67(48-31-23-44(24-32-48)40(3)4)57-17-11-19-59-63(57)53-15-9-13-51-55-38-62-56(37-61(55)69(59)65(51)53)52-14-10-16-54-64-58(18-12-20-60(64)70(62)66(52)54)68(49-33-25-45(26-34-49)41(5)6)50-35-27-46(28-36-50)42(7)8/h13-42H,1-12H3;9-42H,1-8H3. The summed E-state index contributed by atoms with van der Waals surface area (Å²) in [6, 6.07) is 139. The zero-order valence-electron chi connectivity index (χ0n) is 86.5. The van der Waals surface area contributed by atoms with Crippen molar-refractivity contribution in [3.63, 3.8) is 0 Å². The first kappa shape index (κ1) is 89.7. The summed E-state index contributed by atoms with van der Waals surface area (Å²) in [5, 5.41) is 20.3. The molecule has 8 heteroatoms. The van der Waals surface area contributed by atoms with E-state index in [0.717, 1.165) is 45.5 Å². The Labute approximate surface area is 844 Å². The molecule has 0 saturated carbocycles. The van der Waals surface area contributed by atoms with Crippen LogP contribution < -0.4 is 19.6 Å². The molecule has 0 bridgehead atoms. The average Bonchev–Trinajstić information content (AvgIpc) is 1.52. The molecular formula is C136H124N8. The van der Waals surface area contributed by atoms with Crippen molar-refractivity contribution in [2.75, 3.05) is 19.6 Å². The molecule has 18 aromatic carbocycles. The Kier molecular flexibility index (Phi) is 20.5. The summed E-state index contributed by atoms with van der Waals surface area (Å²) < 4.78 is 10.2. The third kappa shape index (κ3) is 14.0. The molecule has 0 unspecified atom stereocenters. The fourth-order valence-corrected chi connectivity index (χ4v) is 23.9. The van der Waals surface area contributed by atoms with Crippen LogP contribution in [0.1, 0.15) is 207 Å². The van der Waals surface area contributed by atoms with Crippen LogP contribution in [0.3, 0.4) is 0 Å². The third-order valence-electron chi connectivity index (χ3n) is 31.7. The topological polar surface area (TPSA) is 30.6 Å². The Hall–Kier alpha value is -15.6. The molecule has 8 nitrogen and oxygen atoms in total. The van der Waals surface area contributed by atoms with Gasteiger partial charge < -0.3 is 37.2 Å². The van der Waals surface area contributed by atoms with Crippen LogP contribution in [0.25, 0.3) is 152 Å². The summed E-state index contributed by atoms with van der Waals surface area (Å²) in [4.78, 5) is 9.88. The first-order valence-electron chi connectivity index (χ1n) is 52.0. The molecular weight excluding hydrogens is 1750 g/mol. The smallest absolute Gasteiger partial charge is 0.0621 e. The molecule has 0 N–H and O–H groups in total. The molecule has 8 aromatic heterocycles. The molecule has 0 atom stereocenters. The molecule has 0 aliphatic rings.